The van der Waals surface area contributed by atoms with E-state index in [1.54, 1.807) is 6.26 Å². The van der Waals surface area contributed by atoms with Crippen molar-refractivity contribution in [3.05, 3.63) is 12.3 Å². The van der Waals surface area contributed by atoms with Crippen LogP contribution in [0.15, 0.2) is 12.3 Å². The minimum absolute atomic E-state index is 0.0691. The topological polar surface area (TPSA) is 79.2 Å². The Labute approximate surface area is 172 Å². The van der Waals surface area contributed by atoms with Crippen LogP contribution in [-0.4, -0.2) is 52.9 Å². The molecule has 166 valence electrons. The maximum absolute atomic E-state index is 10.0. The first kappa shape index (κ1) is 25.4. The van der Waals surface area contributed by atoms with Gasteiger partial charge in [-0.1, -0.05) is 84.0 Å². The van der Waals surface area contributed by atoms with Crippen LogP contribution in [0, 0.1) is 0 Å². The Kier molecular flexibility index (Phi) is 15.7. The summed E-state index contributed by atoms with van der Waals surface area (Å²) in [5, 5.41) is 29.0. The summed E-state index contributed by atoms with van der Waals surface area (Å²) in [6.45, 7) is 2.05. The lowest BCUT2D eigenvalue weighted by Crippen LogP contribution is -2.54. The average molecular weight is 401 g/mol. The zero-order valence-electron chi connectivity index (χ0n) is 17.9. The molecule has 5 heteroatoms. The van der Waals surface area contributed by atoms with Crippen molar-refractivity contribution < 1.29 is 24.8 Å². The molecular weight excluding hydrogens is 356 g/mol. The molecule has 1 heterocycles. The second kappa shape index (κ2) is 17.3. The summed E-state index contributed by atoms with van der Waals surface area (Å²) in [5.41, 5.74) is 0. The SMILES string of the molecule is CCCCCCCCCCCCCCC/C=C/O[C@H]1[C@H](O)[C@@H](CO)OC[C@@H]1O. The molecule has 5 nitrogen and oxygen atoms in total. The molecule has 4 atom stereocenters. The zero-order valence-corrected chi connectivity index (χ0v) is 17.9. The largest absolute Gasteiger partial charge is 0.493 e. The smallest absolute Gasteiger partial charge is 0.154 e. The molecule has 1 aliphatic rings. The third kappa shape index (κ3) is 11.4. The number of ether oxygens (including phenoxy) is 2. The van der Waals surface area contributed by atoms with Crippen molar-refractivity contribution in [2.45, 2.75) is 121 Å². The molecule has 1 rings (SSSR count). The Hall–Kier alpha value is -0.620. The fraction of sp³-hybridized carbons (Fsp3) is 0.913. The minimum Gasteiger partial charge on any atom is -0.493 e. The Morgan fingerprint density at radius 3 is 1.93 bits per heavy atom. The van der Waals surface area contributed by atoms with E-state index in [0.29, 0.717) is 0 Å². The summed E-state index contributed by atoms with van der Waals surface area (Å²) < 4.78 is 10.6. The minimum atomic E-state index is -1.02. The van der Waals surface area contributed by atoms with Gasteiger partial charge >= 0.3 is 0 Å². The van der Waals surface area contributed by atoms with Crippen molar-refractivity contribution in [2.75, 3.05) is 13.2 Å². The van der Waals surface area contributed by atoms with Gasteiger partial charge in [-0.15, -0.1) is 0 Å². The van der Waals surface area contributed by atoms with E-state index < -0.39 is 24.4 Å². The maximum atomic E-state index is 10.0. The van der Waals surface area contributed by atoms with Crippen molar-refractivity contribution in [3.8, 4) is 0 Å². The van der Waals surface area contributed by atoms with E-state index in [-0.39, 0.29) is 13.2 Å². The van der Waals surface area contributed by atoms with E-state index in [2.05, 4.69) is 6.92 Å². The molecular formula is C23H44O5. The third-order valence-electron chi connectivity index (χ3n) is 5.56. The van der Waals surface area contributed by atoms with Crippen LogP contribution >= 0.6 is 0 Å². The van der Waals surface area contributed by atoms with E-state index >= 15 is 0 Å². The highest BCUT2D eigenvalue weighted by Gasteiger charge is 2.39. The predicted octanol–water partition coefficient (Wildman–Crippen LogP) is 4.48. The van der Waals surface area contributed by atoms with Crippen LogP contribution in [0.25, 0.3) is 0 Å². The van der Waals surface area contributed by atoms with Gasteiger partial charge < -0.3 is 24.8 Å². The van der Waals surface area contributed by atoms with Gasteiger partial charge in [0.25, 0.3) is 0 Å². The van der Waals surface area contributed by atoms with Crippen LogP contribution in [0.3, 0.4) is 0 Å². The van der Waals surface area contributed by atoms with Gasteiger partial charge in [-0.3, -0.25) is 0 Å². The first-order valence-corrected chi connectivity index (χ1v) is 11.6. The fourth-order valence-corrected chi connectivity index (χ4v) is 3.68. The van der Waals surface area contributed by atoms with Gasteiger partial charge in [0.1, 0.15) is 18.3 Å². The van der Waals surface area contributed by atoms with Gasteiger partial charge in [-0.05, 0) is 18.9 Å². The average Bonchev–Trinajstić information content (AvgIpc) is 2.70. The summed E-state index contributed by atoms with van der Waals surface area (Å²) in [5.74, 6) is 0. The molecule has 0 aromatic rings. The van der Waals surface area contributed by atoms with E-state index in [9.17, 15) is 10.2 Å². The molecule has 0 saturated carbocycles. The van der Waals surface area contributed by atoms with Crippen molar-refractivity contribution >= 4 is 0 Å². The highest BCUT2D eigenvalue weighted by molar-refractivity contribution is 4.89. The second-order valence-corrected chi connectivity index (χ2v) is 8.12. The van der Waals surface area contributed by atoms with Crippen LogP contribution < -0.4 is 0 Å². The molecule has 0 radical (unpaired) electrons. The highest BCUT2D eigenvalue weighted by atomic mass is 16.6. The maximum Gasteiger partial charge on any atom is 0.154 e. The molecule has 0 aromatic carbocycles. The van der Waals surface area contributed by atoms with Gasteiger partial charge in [0.15, 0.2) is 6.10 Å². The van der Waals surface area contributed by atoms with E-state index in [1.807, 2.05) is 6.08 Å². The number of rotatable bonds is 17. The molecule has 1 saturated heterocycles. The summed E-state index contributed by atoms with van der Waals surface area (Å²) >= 11 is 0. The van der Waals surface area contributed by atoms with E-state index in [4.69, 9.17) is 14.6 Å². The van der Waals surface area contributed by atoms with Crippen molar-refractivity contribution in [1.29, 1.82) is 0 Å². The number of unbranched alkanes of at least 4 members (excludes halogenated alkanes) is 13. The molecule has 0 amide bonds. The van der Waals surface area contributed by atoms with Crippen LogP contribution in [0.5, 0.6) is 0 Å². The number of hydrogen-bond donors (Lipinski definition) is 3. The van der Waals surface area contributed by atoms with Gasteiger partial charge in [0.05, 0.1) is 19.5 Å². The molecule has 0 unspecified atom stereocenters. The lowest BCUT2D eigenvalue weighted by atomic mass is 10.0. The van der Waals surface area contributed by atoms with E-state index in [0.717, 1.165) is 12.8 Å². The van der Waals surface area contributed by atoms with Crippen LogP contribution in [0.2, 0.25) is 0 Å². The lowest BCUT2D eigenvalue weighted by molar-refractivity contribution is -0.197. The Bertz CT molecular complexity index is 374. The number of aliphatic hydroxyl groups excluding tert-OH is 3. The Balaban J connectivity index is 1.90. The quantitative estimate of drug-likeness (QED) is 0.248. The lowest BCUT2D eigenvalue weighted by Gasteiger charge is -2.36. The monoisotopic (exact) mass is 400 g/mol. The van der Waals surface area contributed by atoms with Crippen LogP contribution in [0.4, 0.5) is 0 Å². The fourth-order valence-electron chi connectivity index (χ4n) is 3.68. The van der Waals surface area contributed by atoms with Crippen molar-refractivity contribution in [3.63, 3.8) is 0 Å². The molecule has 28 heavy (non-hydrogen) atoms. The molecule has 0 aliphatic carbocycles. The summed E-state index contributed by atoms with van der Waals surface area (Å²) in [4.78, 5) is 0. The summed E-state index contributed by atoms with van der Waals surface area (Å²) in [7, 11) is 0. The highest BCUT2D eigenvalue weighted by Crippen LogP contribution is 2.19. The van der Waals surface area contributed by atoms with Crippen molar-refractivity contribution in [1.82, 2.24) is 0 Å². The number of hydrogen-bond acceptors (Lipinski definition) is 5. The third-order valence-corrected chi connectivity index (χ3v) is 5.56. The van der Waals surface area contributed by atoms with Crippen LogP contribution in [-0.2, 0) is 9.47 Å². The molecule has 3 N–H and O–H groups in total. The van der Waals surface area contributed by atoms with Gasteiger partial charge in [0.2, 0.25) is 0 Å². The van der Waals surface area contributed by atoms with Gasteiger partial charge in [0, 0.05) is 0 Å². The Morgan fingerprint density at radius 2 is 1.39 bits per heavy atom. The van der Waals surface area contributed by atoms with E-state index in [1.165, 1.54) is 77.0 Å². The molecule has 0 aromatic heterocycles. The first-order valence-electron chi connectivity index (χ1n) is 11.6. The van der Waals surface area contributed by atoms with Crippen LogP contribution in [0.1, 0.15) is 96.8 Å². The van der Waals surface area contributed by atoms with Gasteiger partial charge in [-0.2, -0.15) is 0 Å². The molecule has 1 aliphatic heterocycles. The standard InChI is InChI=1S/C23H44O5/c1-2-3-4-5-6-7-8-9-10-11-12-13-14-15-16-17-27-23-20(25)19-28-21(18-24)22(23)26/h16-17,20-26H,2-15,18-19H2,1H3/b17-16+/t20-,21+,22+,23+/m0/s1. The van der Waals surface area contributed by atoms with Gasteiger partial charge in [-0.25, -0.2) is 0 Å². The predicted molar refractivity (Wildman–Crippen MR) is 113 cm³/mol. The zero-order chi connectivity index (χ0) is 20.5. The Morgan fingerprint density at radius 1 is 0.857 bits per heavy atom. The molecule has 1 fully saturated rings. The molecule has 0 spiro atoms. The molecule has 0 bridgehead atoms. The summed E-state index contributed by atoms with van der Waals surface area (Å²) in [6, 6.07) is 0. The first-order chi connectivity index (χ1) is 13.7. The van der Waals surface area contributed by atoms with Crippen molar-refractivity contribution in [2.24, 2.45) is 0 Å². The second-order valence-electron chi connectivity index (χ2n) is 8.12. The normalized spacial score (nSPS) is 25.4. The number of allylic oxidation sites excluding steroid dienone is 1. The summed E-state index contributed by atoms with van der Waals surface area (Å²) in [6.07, 6.45) is 18.6. The number of aliphatic hydroxyl groups is 3.